The first-order chi connectivity index (χ1) is 9.29. The van der Waals surface area contributed by atoms with Crippen molar-refractivity contribution in [3.8, 4) is 0 Å². The van der Waals surface area contributed by atoms with Crippen LogP contribution in [0.25, 0.3) is 0 Å². The second kappa shape index (κ2) is 7.85. The van der Waals surface area contributed by atoms with Crippen LogP contribution in [0.3, 0.4) is 0 Å². The molecule has 0 radical (unpaired) electrons. The van der Waals surface area contributed by atoms with Crippen molar-refractivity contribution in [2.24, 2.45) is 0 Å². The summed E-state index contributed by atoms with van der Waals surface area (Å²) in [7, 11) is 0. The van der Waals surface area contributed by atoms with Crippen molar-refractivity contribution in [1.29, 1.82) is 0 Å². The molecule has 0 aromatic rings. The highest BCUT2D eigenvalue weighted by atomic mass is 16.2. The average Bonchev–Trinajstić information content (AvgIpc) is 2.82. The van der Waals surface area contributed by atoms with E-state index in [4.69, 9.17) is 0 Å². The van der Waals surface area contributed by atoms with E-state index in [2.05, 4.69) is 22.5 Å². The van der Waals surface area contributed by atoms with Gasteiger partial charge in [0.1, 0.15) is 0 Å². The fourth-order valence-electron chi connectivity index (χ4n) is 3.33. The molecule has 2 fully saturated rings. The van der Waals surface area contributed by atoms with Gasteiger partial charge in [-0.2, -0.15) is 0 Å². The third-order valence-corrected chi connectivity index (χ3v) is 4.52. The Hall–Kier alpha value is -0.610. The maximum Gasteiger partial charge on any atom is 0.234 e. The van der Waals surface area contributed by atoms with Crippen molar-refractivity contribution >= 4 is 5.91 Å². The Morgan fingerprint density at radius 2 is 1.95 bits per heavy atom. The third kappa shape index (κ3) is 4.77. The number of rotatable bonds is 5. The molecule has 1 saturated heterocycles. The minimum Gasteiger partial charge on any atom is -0.352 e. The van der Waals surface area contributed by atoms with Gasteiger partial charge in [0.25, 0.3) is 0 Å². The highest BCUT2D eigenvalue weighted by Crippen LogP contribution is 2.17. The molecule has 0 aromatic heterocycles. The lowest BCUT2D eigenvalue weighted by Crippen LogP contribution is -2.46. The number of hydrogen-bond acceptors (Lipinski definition) is 3. The molecule has 1 atom stereocenters. The van der Waals surface area contributed by atoms with Gasteiger partial charge in [-0.1, -0.05) is 32.6 Å². The van der Waals surface area contributed by atoms with Crippen molar-refractivity contribution in [2.75, 3.05) is 26.2 Å². The van der Waals surface area contributed by atoms with Crippen molar-refractivity contribution in [3.63, 3.8) is 0 Å². The van der Waals surface area contributed by atoms with Crippen LogP contribution in [-0.2, 0) is 4.79 Å². The van der Waals surface area contributed by atoms with Gasteiger partial charge in [-0.3, -0.25) is 9.69 Å². The van der Waals surface area contributed by atoms with E-state index in [0.29, 0.717) is 18.6 Å². The highest BCUT2D eigenvalue weighted by Gasteiger charge is 2.23. The first-order valence-electron chi connectivity index (χ1n) is 8.03. The number of carbonyl (C=O) groups excluding carboxylic acids is 1. The van der Waals surface area contributed by atoms with Gasteiger partial charge < -0.3 is 10.6 Å². The molecular weight excluding hydrogens is 238 g/mol. The summed E-state index contributed by atoms with van der Waals surface area (Å²) >= 11 is 0. The molecule has 4 heteroatoms. The molecular formula is C15H29N3O. The lowest BCUT2D eigenvalue weighted by atomic mass is 10.1. The Balaban J connectivity index is 1.75. The van der Waals surface area contributed by atoms with Crippen LogP contribution in [0.5, 0.6) is 0 Å². The lowest BCUT2D eigenvalue weighted by molar-refractivity contribution is -0.123. The van der Waals surface area contributed by atoms with Crippen LogP contribution in [0.4, 0.5) is 0 Å². The fourth-order valence-corrected chi connectivity index (χ4v) is 3.33. The van der Waals surface area contributed by atoms with Crippen molar-refractivity contribution in [2.45, 2.75) is 64.0 Å². The van der Waals surface area contributed by atoms with E-state index in [1.54, 1.807) is 0 Å². The van der Waals surface area contributed by atoms with Gasteiger partial charge in [0.15, 0.2) is 0 Å². The monoisotopic (exact) mass is 267 g/mol. The van der Waals surface area contributed by atoms with Crippen LogP contribution < -0.4 is 10.6 Å². The molecule has 1 saturated carbocycles. The lowest BCUT2D eigenvalue weighted by Gasteiger charge is -2.27. The summed E-state index contributed by atoms with van der Waals surface area (Å²) in [5.41, 5.74) is 0. The van der Waals surface area contributed by atoms with Crippen molar-refractivity contribution in [1.82, 2.24) is 15.5 Å². The third-order valence-electron chi connectivity index (χ3n) is 4.52. The summed E-state index contributed by atoms with van der Waals surface area (Å²) in [6, 6.07) is 0.972. The zero-order valence-electron chi connectivity index (χ0n) is 12.3. The molecule has 1 aliphatic heterocycles. The Morgan fingerprint density at radius 1 is 1.21 bits per heavy atom. The van der Waals surface area contributed by atoms with E-state index in [-0.39, 0.29) is 5.91 Å². The summed E-state index contributed by atoms with van der Waals surface area (Å²) < 4.78 is 0. The second-order valence-electron chi connectivity index (χ2n) is 5.97. The minimum atomic E-state index is 0.223. The topological polar surface area (TPSA) is 44.4 Å². The van der Waals surface area contributed by atoms with E-state index in [0.717, 1.165) is 19.6 Å². The maximum absolute atomic E-state index is 12.2. The average molecular weight is 267 g/mol. The van der Waals surface area contributed by atoms with E-state index >= 15 is 0 Å². The molecule has 1 aliphatic carbocycles. The Labute approximate surface area is 117 Å². The Kier molecular flexibility index (Phi) is 6.11. The second-order valence-corrected chi connectivity index (χ2v) is 5.97. The summed E-state index contributed by atoms with van der Waals surface area (Å²) in [6.07, 6.45) is 8.72. The molecule has 0 bridgehead atoms. The summed E-state index contributed by atoms with van der Waals surface area (Å²) in [6.45, 7) is 5.80. The standard InChI is InChI=1S/C15H29N3O/c1-2-18(14-9-10-16-11-14)12-15(19)17-13-7-5-3-4-6-8-13/h13-14,16H,2-12H2,1H3,(H,17,19). The number of nitrogens with one attached hydrogen (secondary N) is 2. The minimum absolute atomic E-state index is 0.223. The predicted octanol–water partition coefficient (Wildman–Crippen LogP) is 1.51. The number of likely N-dealkylation sites (N-methyl/N-ethyl adjacent to an activating group) is 1. The maximum atomic E-state index is 12.2. The summed E-state index contributed by atoms with van der Waals surface area (Å²) in [5.74, 6) is 0.223. The van der Waals surface area contributed by atoms with Crippen molar-refractivity contribution < 1.29 is 4.79 Å². The molecule has 110 valence electrons. The first kappa shape index (κ1) is 14.8. The van der Waals surface area contributed by atoms with Gasteiger partial charge in [-0.25, -0.2) is 0 Å². The van der Waals surface area contributed by atoms with Gasteiger partial charge in [-0.15, -0.1) is 0 Å². The van der Waals surface area contributed by atoms with Gasteiger partial charge in [0, 0.05) is 18.6 Å². The molecule has 2 N–H and O–H groups in total. The molecule has 2 aliphatic rings. The largest absolute Gasteiger partial charge is 0.352 e. The zero-order valence-corrected chi connectivity index (χ0v) is 12.3. The van der Waals surface area contributed by atoms with E-state index in [1.807, 2.05) is 0 Å². The molecule has 0 spiro atoms. The van der Waals surface area contributed by atoms with Crippen LogP contribution in [0.1, 0.15) is 51.9 Å². The van der Waals surface area contributed by atoms with E-state index < -0.39 is 0 Å². The van der Waals surface area contributed by atoms with Crippen LogP contribution in [0.2, 0.25) is 0 Å². The van der Waals surface area contributed by atoms with Gasteiger partial charge >= 0.3 is 0 Å². The highest BCUT2D eigenvalue weighted by molar-refractivity contribution is 5.78. The molecule has 4 nitrogen and oxygen atoms in total. The molecule has 0 aromatic carbocycles. The van der Waals surface area contributed by atoms with Gasteiger partial charge in [-0.05, 0) is 32.4 Å². The normalized spacial score (nSPS) is 25.5. The molecule has 19 heavy (non-hydrogen) atoms. The Bertz CT molecular complexity index is 269. The van der Waals surface area contributed by atoms with E-state index in [1.165, 1.54) is 44.9 Å². The molecule has 1 heterocycles. The quantitative estimate of drug-likeness (QED) is 0.742. The Morgan fingerprint density at radius 3 is 2.53 bits per heavy atom. The number of amides is 1. The van der Waals surface area contributed by atoms with Crippen LogP contribution in [0, 0.1) is 0 Å². The van der Waals surface area contributed by atoms with Crippen molar-refractivity contribution in [3.05, 3.63) is 0 Å². The van der Waals surface area contributed by atoms with Gasteiger partial charge in [0.05, 0.1) is 6.54 Å². The summed E-state index contributed by atoms with van der Waals surface area (Å²) in [5, 5.41) is 6.62. The number of nitrogens with zero attached hydrogens (tertiary/aromatic N) is 1. The van der Waals surface area contributed by atoms with E-state index in [9.17, 15) is 4.79 Å². The van der Waals surface area contributed by atoms with Crippen LogP contribution >= 0.6 is 0 Å². The first-order valence-corrected chi connectivity index (χ1v) is 8.03. The smallest absolute Gasteiger partial charge is 0.234 e. The fraction of sp³-hybridized carbons (Fsp3) is 0.933. The number of hydrogen-bond donors (Lipinski definition) is 2. The molecule has 2 rings (SSSR count). The predicted molar refractivity (Wildman–Crippen MR) is 78.2 cm³/mol. The summed E-state index contributed by atoms with van der Waals surface area (Å²) in [4.78, 5) is 14.5. The SMILES string of the molecule is CCN(CC(=O)NC1CCCCCC1)C1CCNC1. The molecule has 1 unspecified atom stereocenters. The number of carbonyl (C=O) groups is 1. The van der Waals surface area contributed by atoms with Crippen LogP contribution in [0.15, 0.2) is 0 Å². The van der Waals surface area contributed by atoms with Gasteiger partial charge in [0.2, 0.25) is 5.91 Å². The molecule has 1 amide bonds. The zero-order chi connectivity index (χ0) is 13.5. The van der Waals surface area contributed by atoms with Crippen LogP contribution in [-0.4, -0.2) is 49.1 Å².